The summed E-state index contributed by atoms with van der Waals surface area (Å²) in [6.07, 6.45) is 0. The summed E-state index contributed by atoms with van der Waals surface area (Å²) in [5.41, 5.74) is 19.3. The number of rotatable bonds is 2. The largest absolute Gasteiger partial charge is 0.0619 e. The molecule has 0 bridgehead atoms. The molecule has 0 atom stereocenters. The van der Waals surface area contributed by atoms with E-state index in [1.165, 1.54) is 121 Å². The minimum Gasteiger partial charge on any atom is -0.0619 e. The van der Waals surface area contributed by atoms with E-state index in [2.05, 4.69) is 187 Å². The van der Waals surface area contributed by atoms with Crippen LogP contribution in [0, 0.1) is 13.8 Å². The Hall–Kier alpha value is -5.98. The summed E-state index contributed by atoms with van der Waals surface area (Å²) >= 11 is 0. The average molecular weight is 691 g/mol. The standard InChI is InChI=1S/C54H42/c1-31-47-41-21-13-14-22-45(41)53(3,4)51(47)32(2)48-44-29-42-43(30-46(44)54(5,6)52(31)48)50(38-26-24-34-16-8-10-18-36(34)28-38)40-20-12-11-19-39(40)49(42)37-25-23-33-15-7-9-17-35(33)27-37/h7-30H,1-6H3. The summed E-state index contributed by atoms with van der Waals surface area (Å²) in [7, 11) is 0. The molecule has 0 aliphatic heterocycles. The van der Waals surface area contributed by atoms with Crippen LogP contribution in [0.5, 0.6) is 0 Å². The van der Waals surface area contributed by atoms with Crippen LogP contribution in [-0.2, 0) is 10.8 Å². The van der Waals surface area contributed by atoms with Gasteiger partial charge in [-0.2, -0.15) is 0 Å². The number of benzene rings is 9. The molecule has 2 aliphatic rings. The fourth-order valence-electron chi connectivity index (χ4n) is 11.0. The first-order valence-corrected chi connectivity index (χ1v) is 19.4. The van der Waals surface area contributed by atoms with Crippen molar-refractivity contribution in [2.24, 2.45) is 0 Å². The molecular weight excluding hydrogens is 649 g/mol. The second-order valence-corrected chi connectivity index (χ2v) is 16.9. The van der Waals surface area contributed by atoms with E-state index in [1.807, 2.05) is 0 Å². The van der Waals surface area contributed by atoms with Gasteiger partial charge in [-0.15, -0.1) is 0 Å². The van der Waals surface area contributed by atoms with Crippen molar-refractivity contribution < 1.29 is 0 Å². The highest BCUT2D eigenvalue weighted by atomic mass is 14.5. The molecule has 0 saturated carbocycles. The van der Waals surface area contributed by atoms with Crippen LogP contribution >= 0.6 is 0 Å². The van der Waals surface area contributed by atoms with Crippen LogP contribution in [0.4, 0.5) is 0 Å². The van der Waals surface area contributed by atoms with Crippen molar-refractivity contribution in [1.82, 2.24) is 0 Å². The van der Waals surface area contributed by atoms with Crippen molar-refractivity contribution in [3.05, 3.63) is 179 Å². The fourth-order valence-corrected chi connectivity index (χ4v) is 11.0. The first-order valence-electron chi connectivity index (χ1n) is 19.4. The molecule has 54 heavy (non-hydrogen) atoms. The van der Waals surface area contributed by atoms with Gasteiger partial charge in [0.05, 0.1) is 0 Å². The predicted molar refractivity (Wildman–Crippen MR) is 232 cm³/mol. The molecule has 11 rings (SSSR count). The predicted octanol–water partition coefficient (Wildman–Crippen LogP) is 14.9. The lowest BCUT2D eigenvalue weighted by Crippen LogP contribution is -2.20. The minimum atomic E-state index is -0.181. The van der Waals surface area contributed by atoms with Crippen molar-refractivity contribution in [3.8, 4) is 44.5 Å². The highest BCUT2D eigenvalue weighted by molar-refractivity contribution is 6.23. The molecule has 0 saturated heterocycles. The van der Waals surface area contributed by atoms with E-state index in [0.29, 0.717) is 0 Å². The minimum absolute atomic E-state index is 0.0742. The monoisotopic (exact) mass is 690 g/mol. The zero-order valence-corrected chi connectivity index (χ0v) is 31.9. The van der Waals surface area contributed by atoms with Gasteiger partial charge in [-0.1, -0.05) is 149 Å². The molecular formula is C54H42. The number of fused-ring (bicyclic) bond motifs is 10. The molecule has 0 fully saturated rings. The molecule has 0 aromatic heterocycles. The van der Waals surface area contributed by atoms with E-state index in [1.54, 1.807) is 0 Å². The van der Waals surface area contributed by atoms with Crippen molar-refractivity contribution >= 4 is 43.1 Å². The Labute approximate surface area is 317 Å². The van der Waals surface area contributed by atoms with Crippen molar-refractivity contribution in [2.45, 2.75) is 52.4 Å². The van der Waals surface area contributed by atoms with Crippen molar-refractivity contribution in [3.63, 3.8) is 0 Å². The topological polar surface area (TPSA) is 0 Å². The van der Waals surface area contributed by atoms with Gasteiger partial charge in [0.1, 0.15) is 0 Å². The highest BCUT2D eigenvalue weighted by Gasteiger charge is 2.45. The van der Waals surface area contributed by atoms with Gasteiger partial charge < -0.3 is 0 Å². The molecule has 0 heteroatoms. The summed E-state index contributed by atoms with van der Waals surface area (Å²) in [6.45, 7) is 14.6. The van der Waals surface area contributed by atoms with E-state index in [0.717, 1.165) is 0 Å². The second kappa shape index (κ2) is 10.8. The maximum atomic E-state index is 2.59. The number of hydrogen-bond acceptors (Lipinski definition) is 0. The first kappa shape index (κ1) is 31.5. The molecule has 0 radical (unpaired) electrons. The Bertz CT molecular complexity index is 3110. The normalized spacial score (nSPS) is 14.8. The van der Waals surface area contributed by atoms with Crippen LogP contribution in [0.15, 0.2) is 146 Å². The van der Waals surface area contributed by atoms with Crippen LogP contribution in [0.3, 0.4) is 0 Å². The van der Waals surface area contributed by atoms with Gasteiger partial charge >= 0.3 is 0 Å². The van der Waals surface area contributed by atoms with Crippen LogP contribution < -0.4 is 0 Å². The van der Waals surface area contributed by atoms with Crippen LogP contribution in [0.1, 0.15) is 61.1 Å². The third kappa shape index (κ3) is 4.04. The molecule has 9 aromatic carbocycles. The van der Waals surface area contributed by atoms with Crippen molar-refractivity contribution in [2.75, 3.05) is 0 Å². The van der Waals surface area contributed by atoms with Crippen molar-refractivity contribution in [1.29, 1.82) is 0 Å². The molecule has 0 N–H and O–H groups in total. The van der Waals surface area contributed by atoms with E-state index < -0.39 is 0 Å². The van der Waals surface area contributed by atoms with Gasteiger partial charge in [0.2, 0.25) is 0 Å². The van der Waals surface area contributed by atoms with Crippen LogP contribution in [0.25, 0.3) is 87.6 Å². The third-order valence-corrected chi connectivity index (χ3v) is 13.3. The smallest absolute Gasteiger partial charge is 0.0162 e. The summed E-state index contributed by atoms with van der Waals surface area (Å²) in [4.78, 5) is 0. The molecule has 0 spiro atoms. The van der Waals surface area contributed by atoms with E-state index in [-0.39, 0.29) is 10.8 Å². The lowest BCUT2D eigenvalue weighted by atomic mass is 9.74. The lowest BCUT2D eigenvalue weighted by molar-refractivity contribution is 0.645. The molecule has 0 unspecified atom stereocenters. The summed E-state index contributed by atoms with van der Waals surface area (Å²) in [5, 5.41) is 10.3. The number of hydrogen-bond donors (Lipinski definition) is 0. The zero-order valence-electron chi connectivity index (χ0n) is 31.9. The van der Waals surface area contributed by atoms with Gasteiger partial charge in [-0.25, -0.2) is 0 Å². The van der Waals surface area contributed by atoms with Gasteiger partial charge in [0.25, 0.3) is 0 Å². The Morgan fingerprint density at radius 2 is 0.778 bits per heavy atom. The zero-order chi connectivity index (χ0) is 36.7. The average Bonchev–Trinajstić information content (AvgIpc) is 3.58. The van der Waals surface area contributed by atoms with Gasteiger partial charge in [-0.05, 0) is 159 Å². The molecule has 0 amide bonds. The molecule has 2 aliphatic carbocycles. The quantitative estimate of drug-likeness (QED) is 0.158. The molecule has 258 valence electrons. The molecule has 0 nitrogen and oxygen atoms in total. The second-order valence-electron chi connectivity index (χ2n) is 16.9. The SMILES string of the molecule is Cc1c2c(c(C)c3c1C(C)(C)c1ccccc1-3)C(C)(C)c1cc3c(-c4ccc5ccccc5c4)c4ccccc4c(-c4ccc5ccccc5c4)c3cc1-2. The maximum Gasteiger partial charge on any atom is 0.0162 e. The van der Waals surface area contributed by atoms with E-state index in [4.69, 9.17) is 0 Å². The Morgan fingerprint density at radius 3 is 1.35 bits per heavy atom. The summed E-state index contributed by atoms with van der Waals surface area (Å²) in [5.74, 6) is 0. The maximum absolute atomic E-state index is 2.59. The first-order chi connectivity index (χ1) is 26.1. The Kier molecular flexibility index (Phi) is 6.31. The van der Waals surface area contributed by atoms with Gasteiger partial charge in [0.15, 0.2) is 0 Å². The lowest BCUT2D eigenvalue weighted by Gasteiger charge is -2.29. The fraction of sp³-hybridized carbons (Fsp3) is 0.148. The summed E-state index contributed by atoms with van der Waals surface area (Å²) in [6, 6.07) is 55.0. The molecule has 9 aromatic rings. The van der Waals surface area contributed by atoms with E-state index in [9.17, 15) is 0 Å². The van der Waals surface area contributed by atoms with Crippen LogP contribution in [0.2, 0.25) is 0 Å². The van der Waals surface area contributed by atoms with Gasteiger partial charge in [0, 0.05) is 10.8 Å². The molecule has 0 heterocycles. The van der Waals surface area contributed by atoms with Gasteiger partial charge in [-0.3, -0.25) is 0 Å². The Morgan fingerprint density at radius 1 is 0.333 bits per heavy atom. The van der Waals surface area contributed by atoms with E-state index >= 15 is 0 Å². The summed E-state index contributed by atoms with van der Waals surface area (Å²) < 4.78 is 0. The highest BCUT2D eigenvalue weighted by Crippen LogP contribution is 2.61. The third-order valence-electron chi connectivity index (χ3n) is 13.3. The Balaban J connectivity index is 1.30. The van der Waals surface area contributed by atoms with Crippen LogP contribution in [-0.4, -0.2) is 0 Å².